The number of aromatic nitrogens is 3. The van der Waals surface area contributed by atoms with Crippen LogP contribution < -0.4 is 0 Å². The summed E-state index contributed by atoms with van der Waals surface area (Å²) in [6.07, 6.45) is 1.67. The molecule has 1 fully saturated rings. The summed E-state index contributed by atoms with van der Waals surface area (Å²) < 4.78 is 30.9. The van der Waals surface area contributed by atoms with Gasteiger partial charge in [0, 0.05) is 12.3 Å². The summed E-state index contributed by atoms with van der Waals surface area (Å²) in [5.41, 5.74) is -1.25. The molecule has 2 aromatic heterocycles. The number of nitrogens with zero attached hydrogens (tertiary/aromatic N) is 3. The lowest BCUT2D eigenvalue weighted by Crippen LogP contribution is -2.24. The molecule has 0 saturated heterocycles. The predicted octanol–water partition coefficient (Wildman–Crippen LogP) is 2.31. The van der Waals surface area contributed by atoms with Crippen LogP contribution in [0.3, 0.4) is 0 Å². The number of carbonyl (C=O) groups is 1. The summed E-state index contributed by atoms with van der Waals surface area (Å²) >= 11 is 5.75. The standard InChI is InChI=1S/C11H8ClF2N3O3/c12-6-3-7-15-4-5(9(18)19)8(17(7)16-6)11(1-2-11)20-10(13)14/h3-4,10H,1-2H2,(H,18,19). The highest BCUT2D eigenvalue weighted by Crippen LogP contribution is 2.51. The van der Waals surface area contributed by atoms with E-state index in [2.05, 4.69) is 14.8 Å². The van der Waals surface area contributed by atoms with Crippen LogP contribution in [0.2, 0.25) is 5.15 Å². The number of rotatable bonds is 4. The third-order valence-corrected chi connectivity index (χ3v) is 3.32. The van der Waals surface area contributed by atoms with Gasteiger partial charge in [-0.05, 0) is 12.8 Å². The molecule has 2 heterocycles. The normalized spacial score (nSPS) is 16.8. The molecule has 0 atom stereocenters. The van der Waals surface area contributed by atoms with Crippen molar-refractivity contribution in [2.45, 2.75) is 25.1 Å². The van der Waals surface area contributed by atoms with Crippen molar-refractivity contribution >= 4 is 23.2 Å². The minimum Gasteiger partial charge on any atom is -0.478 e. The number of ether oxygens (including phenoxy) is 1. The van der Waals surface area contributed by atoms with Crippen LogP contribution in [0.25, 0.3) is 5.65 Å². The van der Waals surface area contributed by atoms with Gasteiger partial charge in [0.1, 0.15) is 11.2 Å². The Hall–Kier alpha value is -1.80. The summed E-state index contributed by atoms with van der Waals surface area (Å²) in [5.74, 6) is -1.29. The third kappa shape index (κ3) is 2.01. The Balaban J connectivity index is 2.25. The van der Waals surface area contributed by atoms with E-state index in [0.29, 0.717) is 0 Å². The second kappa shape index (κ2) is 4.35. The molecule has 1 N–H and O–H groups in total. The highest BCUT2D eigenvalue weighted by Gasteiger charge is 2.52. The fourth-order valence-corrected chi connectivity index (χ4v) is 2.37. The van der Waals surface area contributed by atoms with Crippen molar-refractivity contribution in [2.24, 2.45) is 0 Å². The molecule has 0 aliphatic heterocycles. The Bertz CT molecular complexity index is 700. The SMILES string of the molecule is O=C(O)c1cnc2cc(Cl)nn2c1C1(OC(F)F)CC1. The van der Waals surface area contributed by atoms with E-state index in [9.17, 15) is 18.7 Å². The zero-order valence-electron chi connectivity index (χ0n) is 9.89. The summed E-state index contributed by atoms with van der Waals surface area (Å²) in [5, 5.41) is 13.2. The van der Waals surface area contributed by atoms with Gasteiger partial charge in [-0.3, -0.25) is 0 Å². The van der Waals surface area contributed by atoms with E-state index in [0.717, 1.165) is 10.7 Å². The lowest BCUT2D eigenvalue weighted by molar-refractivity contribution is -0.178. The molecule has 3 rings (SSSR count). The van der Waals surface area contributed by atoms with E-state index < -0.39 is 18.2 Å². The Labute approximate surface area is 115 Å². The average Bonchev–Trinajstić information content (AvgIpc) is 2.99. The number of carboxylic acids is 1. The first-order valence-corrected chi connectivity index (χ1v) is 6.05. The van der Waals surface area contributed by atoms with Gasteiger partial charge >= 0.3 is 12.6 Å². The number of aromatic carboxylic acids is 1. The van der Waals surface area contributed by atoms with Crippen molar-refractivity contribution in [1.29, 1.82) is 0 Å². The van der Waals surface area contributed by atoms with Crippen molar-refractivity contribution in [2.75, 3.05) is 0 Å². The van der Waals surface area contributed by atoms with Gasteiger partial charge < -0.3 is 9.84 Å². The number of alkyl halides is 2. The Kier molecular flexibility index (Phi) is 2.87. The van der Waals surface area contributed by atoms with Gasteiger partial charge in [-0.2, -0.15) is 13.9 Å². The first-order chi connectivity index (χ1) is 9.43. The van der Waals surface area contributed by atoms with Crippen molar-refractivity contribution in [3.8, 4) is 0 Å². The molecule has 1 saturated carbocycles. The van der Waals surface area contributed by atoms with Crippen LogP contribution in [-0.4, -0.2) is 32.3 Å². The smallest absolute Gasteiger partial charge is 0.346 e. The molecule has 0 unspecified atom stereocenters. The Morgan fingerprint density at radius 1 is 1.55 bits per heavy atom. The molecule has 0 spiro atoms. The number of halogens is 3. The molecule has 0 radical (unpaired) electrons. The van der Waals surface area contributed by atoms with Gasteiger partial charge in [-0.25, -0.2) is 14.3 Å². The summed E-state index contributed by atoms with van der Waals surface area (Å²) in [6.45, 7) is -3.01. The van der Waals surface area contributed by atoms with Gasteiger partial charge in [0.05, 0.1) is 5.69 Å². The maximum Gasteiger partial charge on any atom is 0.346 e. The predicted molar refractivity (Wildman–Crippen MR) is 63.0 cm³/mol. The van der Waals surface area contributed by atoms with Gasteiger partial charge in [-0.15, -0.1) is 0 Å². The molecular weight excluding hydrogens is 296 g/mol. The maximum absolute atomic E-state index is 12.6. The first-order valence-electron chi connectivity index (χ1n) is 5.67. The molecule has 0 aromatic carbocycles. The lowest BCUT2D eigenvalue weighted by atomic mass is 10.1. The molecule has 0 amide bonds. The minimum absolute atomic E-state index is 0.0437. The van der Waals surface area contributed by atoms with Crippen LogP contribution in [0.1, 0.15) is 28.9 Å². The topological polar surface area (TPSA) is 76.7 Å². The molecule has 6 nitrogen and oxygen atoms in total. The zero-order valence-corrected chi connectivity index (χ0v) is 10.6. The van der Waals surface area contributed by atoms with E-state index in [1.807, 2.05) is 0 Å². The molecule has 1 aliphatic carbocycles. The van der Waals surface area contributed by atoms with E-state index in [1.54, 1.807) is 0 Å². The van der Waals surface area contributed by atoms with Crippen molar-refractivity contribution in [3.05, 3.63) is 28.7 Å². The third-order valence-electron chi connectivity index (χ3n) is 3.13. The molecule has 0 bridgehead atoms. The Morgan fingerprint density at radius 3 is 2.80 bits per heavy atom. The number of carboxylic acid groups (broad SMARTS) is 1. The van der Waals surface area contributed by atoms with Crippen molar-refractivity contribution < 1.29 is 23.4 Å². The Morgan fingerprint density at radius 2 is 2.25 bits per heavy atom. The van der Waals surface area contributed by atoms with Crippen LogP contribution in [0, 0.1) is 0 Å². The highest BCUT2D eigenvalue weighted by molar-refractivity contribution is 6.29. The van der Waals surface area contributed by atoms with Gasteiger partial charge in [0.25, 0.3) is 0 Å². The van der Waals surface area contributed by atoms with Crippen LogP contribution >= 0.6 is 11.6 Å². The number of hydrogen-bond donors (Lipinski definition) is 1. The van der Waals surface area contributed by atoms with Gasteiger partial charge in [0.2, 0.25) is 0 Å². The fourth-order valence-electron chi connectivity index (χ4n) is 2.20. The maximum atomic E-state index is 12.6. The molecule has 2 aromatic rings. The molecule has 1 aliphatic rings. The fraction of sp³-hybridized carbons (Fsp3) is 0.364. The molecule has 9 heteroatoms. The van der Waals surface area contributed by atoms with Crippen LogP contribution in [0.15, 0.2) is 12.3 Å². The molecular formula is C11H8ClF2N3O3. The summed E-state index contributed by atoms with van der Waals surface area (Å²) in [4.78, 5) is 15.2. The average molecular weight is 304 g/mol. The van der Waals surface area contributed by atoms with Gasteiger partial charge in [0.15, 0.2) is 10.8 Å². The minimum atomic E-state index is -3.01. The van der Waals surface area contributed by atoms with Crippen molar-refractivity contribution in [3.63, 3.8) is 0 Å². The van der Waals surface area contributed by atoms with Gasteiger partial charge in [-0.1, -0.05) is 11.6 Å². The second-order valence-corrected chi connectivity index (χ2v) is 4.82. The van der Waals surface area contributed by atoms with Crippen LogP contribution in [-0.2, 0) is 10.3 Å². The summed E-state index contributed by atoms with van der Waals surface area (Å²) in [6, 6.07) is 1.41. The van der Waals surface area contributed by atoms with E-state index in [4.69, 9.17) is 11.6 Å². The van der Waals surface area contributed by atoms with E-state index in [1.165, 1.54) is 6.07 Å². The first kappa shape index (κ1) is 13.2. The quantitative estimate of drug-likeness (QED) is 0.938. The molecule has 106 valence electrons. The lowest BCUT2D eigenvalue weighted by Gasteiger charge is -2.19. The van der Waals surface area contributed by atoms with Crippen molar-refractivity contribution in [1.82, 2.24) is 14.6 Å². The largest absolute Gasteiger partial charge is 0.478 e. The number of hydrogen-bond acceptors (Lipinski definition) is 4. The van der Waals surface area contributed by atoms with Crippen LogP contribution in [0.4, 0.5) is 8.78 Å². The monoisotopic (exact) mass is 303 g/mol. The summed E-state index contributed by atoms with van der Waals surface area (Å²) in [7, 11) is 0. The zero-order chi connectivity index (χ0) is 14.5. The highest BCUT2D eigenvalue weighted by atomic mass is 35.5. The van der Waals surface area contributed by atoms with E-state index >= 15 is 0 Å². The molecule has 20 heavy (non-hydrogen) atoms. The van der Waals surface area contributed by atoms with Crippen LogP contribution in [0.5, 0.6) is 0 Å². The number of fused-ring (bicyclic) bond motifs is 1. The second-order valence-electron chi connectivity index (χ2n) is 4.44. The van der Waals surface area contributed by atoms with E-state index in [-0.39, 0.29) is 34.9 Å².